The van der Waals surface area contributed by atoms with E-state index in [4.69, 9.17) is 21.1 Å². The molecule has 0 bridgehead atoms. The number of sulfonamides is 1. The molecule has 0 radical (unpaired) electrons. The quantitative estimate of drug-likeness (QED) is 0.306. The van der Waals surface area contributed by atoms with E-state index in [0.29, 0.717) is 16.5 Å². The standard InChI is InChI=1S/C32H36ClN3O6S/c1-2-43(39,40)36(27-15-16-29-30(19-27)42-22-41-29)21-31(37)35(20-24-11-8-12-25(33)17-24)28(18-23-9-4-3-5-10-23)32(38)34-26-13-6-7-14-26/h3-5,8-12,15-17,19,26,28H,2,6-7,13-14,18,20-22H2,1H3,(H,34,38)/t28-/m0/s1. The minimum atomic E-state index is -3.89. The summed E-state index contributed by atoms with van der Waals surface area (Å²) < 4.78 is 38.7. The van der Waals surface area contributed by atoms with Gasteiger partial charge in [0.1, 0.15) is 12.6 Å². The van der Waals surface area contributed by atoms with Gasteiger partial charge >= 0.3 is 0 Å². The highest BCUT2D eigenvalue weighted by molar-refractivity contribution is 7.92. The number of nitrogens with zero attached hydrogens (tertiary/aromatic N) is 2. The first-order valence-corrected chi connectivity index (χ1v) is 16.5. The van der Waals surface area contributed by atoms with Crippen molar-refractivity contribution in [1.82, 2.24) is 10.2 Å². The fraction of sp³-hybridized carbons (Fsp3) is 0.375. The van der Waals surface area contributed by atoms with Crippen LogP contribution in [-0.4, -0.2) is 56.3 Å². The van der Waals surface area contributed by atoms with Crippen molar-refractivity contribution in [1.29, 1.82) is 0 Å². The Morgan fingerprint density at radius 1 is 0.953 bits per heavy atom. The Morgan fingerprint density at radius 2 is 1.67 bits per heavy atom. The molecule has 1 saturated carbocycles. The molecular formula is C32H36ClN3O6S. The highest BCUT2D eigenvalue weighted by Crippen LogP contribution is 2.36. The van der Waals surface area contributed by atoms with Crippen molar-refractivity contribution in [2.45, 2.75) is 57.7 Å². The molecule has 0 unspecified atom stereocenters. The average Bonchev–Trinajstić information content (AvgIpc) is 3.70. The lowest BCUT2D eigenvalue weighted by molar-refractivity contribution is -0.140. The molecule has 5 rings (SSSR count). The number of hydrogen-bond donors (Lipinski definition) is 1. The topological polar surface area (TPSA) is 105 Å². The Kier molecular flexibility index (Phi) is 9.77. The summed E-state index contributed by atoms with van der Waals surface area (Å²) in [6.45, 7) is 1.12. The summed E-state index contributed by atoms with van der Waals surface area (Å²) in [6.07, 6.45) is 4.12. The van der Waals surface area contributed by atoms with E-state index in [-0.39, 0.29) is 43.1 Å². The van der Waals surface area contributed by atoms with Gasteiger partial charge < -0.3 is 19.7 Å². The molecular weight excluding hydrogens is 590 g/mol. The zero-order valence-corrected chi connectivity index (χ0v) is 25.6. The largest absolute Gasteiger partial charge is 0.454 e. The molecule has 0 aromatic heterocycles. The highest BCUT2D eigenvalue weighted by atomic mass is 35.5. The minimum Gasteiger partial charge on any atom is -0.454 e. The van der Waals surface area contributed by atoms with Crippen LogP contribution in [0, 0.1) is 0 Å². The van der Waals surface area contributed by atoms with Gasteiger partial charge in [0.15, 0.2) is 11.5 Å². The summed E-state index contributed by atoms with van der Waals surface area (Å²) in [7, 11) is -3.89. The normalized spacial score (nSPS) is 15.2. The van der Waals surface area contributed by atoms with Crippen LogP contribution in [0.3, 0.4) is 0 Å². The van der Waals surface area contributed by atoms with Crippen molar-refractivity contribution in [2.75, 3.05) is 23.4 Å². The van der Waals surface area contributed by atoms with Gasteiger partial charge in [-0.15, -0.1) is 0 Å². The molecule has 3 aromatic rings. The third-order valence-electron chi connectivity index (χ3n) is 7.84. The molecule has 228 valence electrons. The van der Waals surface area contributed by atoms with Crippen LogP contribution >= 0.6 is 11.6 Å². The van der Waals surface area contributed by atoms with Crippen LogP contribution in [-0.2, 0) is 32.6 Å². The maximum atomic E-state index is 14.3. The molecule has 1 fully saturated rings. The first-order chi connectivity index (χ1) is 20.7. The van der Waals surface area contributed by atoms with Gasteiger partial charge in [-0.3, -0.25) is 13.9 Å². The van der Waals surface area contributed by atoms with Gasteiger partial charge in [-0.25, -0.2) is 8.42 Å². The summed E-state index contributed by atoms with van der Waals surface area (Å²) in [5.74, 6) is -0.109. The number of hydrogen-bond acceptors (Lipinski definition) is 6. The second-order valence-electron chi connectivity index (χ2n) is 10.8. The number of fused-ring (bicyclic) bond motifs is 1. The van der Waals surface area contributed by atoms with Crippen LogP contribution < -0.4 is 19.1 Å². The van der Waals surface area contributed by atoms with Gasteiger partial charge in [0.2, 0.25) is 28.6 Å². The maximum Gasteiger partial charge on any atom is 0.244 e. The molecule has 9 nitrogen and oxygen atoms in total. The lowest BCUT2D eigenvalue weighted by Crippen LogP contribution is -2.54. The van der Waals surface area contributed by atoms with Gasteiger partial charge in [-0.05, 0) is 55.2 Å². The Bertz CT molecular complexity index is 1550. The average molecular weight is 626 g/mol. The van der Waals surface area contributed by atoms with E-state index >= 15 is 0 Å². The highest BCUT2D eigenvalue weighted by Gasteiger charge is 2.35. The van der Waals surface area contributed by atoms with Crippen LogP contribution in [0.2, 0.25) is 5.02 Å². The van der Waals surface area contributed by atoms with Crippen molar-refractivity contribution in [3.05, 3.63) is 88.9 Å². The molecule has 0 spiro atoms. The number of ether oxygens (including phenoxy) is 2. The van der Waals surface area contributed by atoms with E-state index in [1.54, 1.807) is 36.4 Å². The fourth-order valence-electron chi connectivity index (χ4n) is 5.51. The molecule has 11 heteroatoms. The summed E-state index contributed by atoms with van der Waals surface area (Å²) in [6, 6.07) is 20.5. The predicted molar refractivity (Wildman–Crippen MR) is 166 cm³/mol. The molecule has 43 heavy (non-hydrogen) atoms. The van der Waals surface area contributed by atoms with Crippen molar-refractivity contribution in [3.8, 4) is 11.5 Å². The molecule has 1 aliphatic heterocycles. The number of halogens is 1. The van der Waals surface area contributed by atoms with Gasteiger partial charge in [0.25, 0.3) is 0 Å². The summed E-state index contributed by atoms with van der Waals surface area (Å²) >= 11 is 6.29. The van der Waals surface area contributed by atoms with Crippen LogP contribution in [0.5, 0.6) is 11.5 Å². The van der Waals surface area contributed by atoms with Crippen molar-refractivity contribution in [2.24, 2.45) is 0 Å². The number of carbonyl (C=O) groups is 2. The van der Waals surface area contributed by atoms with E-state index < -0.39 is 28.5 Å². The SMILES string of the molecule is CCS(=O)(=O)N(CC(=O)N(Cc1cccc(Cl)c1)[C@@H](Cc1ccccc1)C(=O)NC1CCCC1)c1ccc2c(c1)OCO2. The first-order valence-electron chi connectivity index (χ1n) is 14.5. The Labute approximate surface area is 257 Å². The zero-order valence-electron chi connectivity index (χ0n) is 24.1. The lowest BCUT2D eigenvalue weighted by atomic mass is 10.0. The predicted octanol–water partition coefficient (Wildman–Crippen LogP) is 4.92. The van der Waals surface area contributed by atoms with Crippen LogP contribution in [0.25, 0.3) is 0 Å². The third kappa shape index (κ3) is 7.61. The third-order valence-corrected chi connectivity index (χ3v) is 9.81. The van der Waals surface area contributed by atoms with Crippen LogP contribution in [0.1, 0.15) is 43.7 Å². The van der Waals surface area contributed by atoms with E-state index in [9.17, 15) is 18.0 Å². The van der Waals surface area contributed by atoms with E-state index in [1.807, 2.05) is 36.4 Å². The number of anilines is 1. The second-order valence-corrected chi connectivity index (χ2v) is 13.4. The van der Waals surface area contributed by atoms with Crippen LogP contribution in [0.4, 0.5) is 5.69 Å². The number of benzene rings is 3. The molecule has 3 aromatic carbocycles. The second kappa shape index (κ2) is 13.7. The van der Waals surface area contributed by atoms with E-state index in [2.05, 4.69) is 5.32 Å². The zero-order chi connectivity index (χ0) is 30.4. The first kappa shape index (κ1) is 30.7. The smallest absolute Gasteiger partial charge is 0.244 e. The van der Waals surface area contributed by atoms with Crippen molar-refractivity contribution < 1.29 is 27.5 Å². The minimum absolute atomic E-state index is 0.0307. The van der Waals surface area contributed by atoms with Crippen molar-refractivity contribution in [3.63, 3.8) is 0 Å². The molecule has 1 N–H and O–H groups in total. The Balaban J connectivity index is 1.52. The summed E-state index contributed by atoms with van der Waals surface area (Å²) in [5.41, 5.74) is 1.88. The monoisotopic (exact) mass is 625 g/mol. The van der Waals surface area contributed by atoms with Gasteiger partial charge in [-0.1, -0.05) is 66.9 Å². The number of carbonyl (C=O) groups excluding carboxylic acids is 2. The molecule has 2 amide bonds. The lowest BCUT2D eigenvalue weighted by Gasteiger charge is -2.34. The Hall–Kier alpha value is -3.76. The molecule has 0 saturated heterocycles. The number of amides is 2. The van der Waals surface area contributed by atoms with Gasteiger partial charge in [-0.2, -0.15) is 0 Å². The molecule has 1 heterocycles. The summed E-state index contributed by atoms with van der Waals surface area (Å²) in [5, 5.41) is 3.66. The van der Waals surface area contributed by atoms with E-state index in [0.717, 1.165) is 41.1 Å². The summed E-state index contributed by atoms with van der Waals surface area (Å²) in [4.78, 5) is 29.8. The Morgan fingerprint density at radius 3 is 2.40 bits per heavy atom. The number of rotatable bonds is 12. The van der Waals surface area contributed by atoms with Gasteiger partial charge in [0.05, 0.1) is 11.4 Å². The molecule has 1 aliphatic carbocycles. The molecule has 1 atom stereocenters. The maximum absolute atomic E-state index is 14.3. The van der Waals surface area contributed by atoms with Crippen LogP contribution in [0.15, 0.2) is 72.8 Å². The number of nitrogens with one attached hydrogen (secondary N) is 1. The molecule has 2 aliphatic rings. The fourth-order valence-corrected chi connectivity index (χ4v) is 6.78. The van der Waals surface area contributed by atoms with E-state index in [1.165, 1.54) is 11.8 Å². The van der Waals surface area contributed by atoms with Crippen molar-refractivity contribution >= 4 is 39.1 Å². The van der Waals surface area contributed by atoms with Gasteiger partial charge in [0, 0.05) is 30.1 Å².